The van der Waals surface area contributed by atoms with Crippen LogP contribution in [0.2, 0.25) is 10.1 Å². The van der Waals surface area contributed by atoms with Crippen LogP contribution < -0.4 is 0 Å². The first-order valence-electron chi connectivity index (χ1n) is 7.85. The molecule has 2 heteroatoms. The summed E-state index contributed by atoms with van der Waals surface area (Å²) in [6, 6.07) is 10.8. The lowest BCUT2D eigenvalue weighted by molar-refractivity contribution is 0.476. The molecular weight excluding hydrogens is 270 g/mol. The number of rotatable bonds is 4. The van der Waals surface area contributed by atoms with Crippen molar-refractivity contribution in [1.82, 2.24) is 4.57 Å². The van der Waals surface area contributed by atoms with Crippen LogP contribution >= 0.6 is 0 Å². The molecule has 0 aliphatic heterocycles. The molecule has 0 saturated heterocycles. The first-order chi connectivity index (χ1) is 9.51. The van der Waals surface area contributed by atoms with E-state index in [-0.39, 0.29) is 0 Å². The van der Waals surface area contributed by atoms with E-state index in [4.69, 9.17) is 0 Å². The van der Waals surface area contributed by atoms with Crippen LogP contribution in [-0.4, -0.2) is 13.5 Å². The van der Waals surface area contributed by atoms with Crippen molar-refractivity contribution in [1.29, 1.82) is 0 Å². The molecule has 0 aliphatic carbocycles. The van der Waals surface area contributed by atoms with Gasteiger partial charge in [0.1, 0.15) is 0 Å². The van der Waals surface area contributed by atoms with Crippen molar-refractivity contribution < 1.29 is 0 Å². The van der Waals surface area contributed by atoms with Gasteiger partial charge in [0.15, 0.2) is 8.96 Å². The summed E-state index contributed by atoms with van der Waals surface area (Å²) in [6.45, 7) is 19.8. The molecule has 1 aromatic carbocycles. The molecule has 0 heterocycles. The Kier molecular flexibility index (Phi) is 5.86. The van der Waals surface area contributed by atoms with Crippen molar-refractivity contribution in [3.05, 3.63) is 47.7 Å². The van der Waals surface area contributed by atoms with Gasteiger partial charge in [-0.25, -0.2) is 0 Å². The third-order valence-corrected chi connectivity index (χ3v) is 7.02. The van der Waals surface area contributed by atoms with Crippen molar-refractivity contribution in [3.63, 3.8) is 0 Å². The van der Waals surface area contributed by atoms with Gasteiger partial charge in [-0.1, -0.05) is 77.4 Å². The normalized spacial score (nSPS) is 12.4. The molecule has 0 spiro atoms. The smallest absolute Gasteiger partial charge is 0.180 e. The summed E-state index contributed by atoms with van der Waals surface area (Å²) in [5, 5.41) is 0.646. The molecule has 1 radical (unpaired) electrons. The topological polar surface area (TPSA) is 3.24 Å². The van der Waals surface area contributed by atoms with Gasteiger partial charge in [-0.3, -0.25) is 0 Å². The highest BCUT2D eigenvalue weighted by molar-refractivity contribution is 6.62. The number of hydrogen-bond donors (Lipinski definition) is 0. The van der Waals surface area contributed by atoms with E-state index in [0.29, 0.717) is 10.1 Å². The second kappa shape index (κ2) is 6.82. The number of benzene rings is 1. The van der Waals surface area contributed by atoms with Crippen molar-refractivity contribution in [2.24, 2.45) is 0 Å². The van der Waals surface area contributed by atoms with E-state index in [1.165, 1.54) is 11.1 Å². The fraction of sp³-hybridized carbons (Fsp3) is 0.579. The minimum absolute atomic E-state index is 0.323. The molecule has 0 amide bonds. The molecule has 0 saturated carbocycles. The SMILES string of the molecule is CC(C)=CN(Cc1ccccc1)[Si](C(C)(C)C)C(C)(C)C. The zero-order valence-electron chi connectivity index (χ0n) is 15.1. The Hall–Kier alpha value is -1.02. The molecule has 0 atom stereocenters. The summed E-state index contributed by atoms with van der Waals surface area (Å²) in [6.07, 6.45) is 2.37. The summed E-state index contributed by atoms with van der Waals surface area (Å²) in [7, 11) is -0.750. The fourth-order valence-corrected chi connectivity index (χ4v) is 7.97. The minimum Gasteiger partial charge on any atom is -0.398 e. The largest absolute Gasteiger partial charge is 0.398 e. The first-order valence-corrected chi connectivity index (χ1v) is 9.30. The van der Waals surface area contributed by atoms with Crippen LogP contribution in [0.4, 0.5) is 0 Å². The van der Waals surface area contributed by atoms with Gasteiger partial charge in [0.05, 0.1) is 0 Å². The predicted molar refractivity (Wildman–Crippen MR) is 96.6 cm³/mol. The Bertz CT molecular complexity index is 445. The molecule has 0 fully saturated rings. The van der Waals surface area contributed by atoms with Crippen LogP contribution in [0.15, 0.2) is 42.1 Å². The van der Waals surface area contributed by atoms with Crippen molar-refractivity contribution in [2.45, 2.75) is 72.0 Å². The minimum atomic E-state index is -0.750. The Balaban J connectivity index is 3.19. The molecule has 1 nitrogen and oxygen atoms in total. The van der Waals surface area contributed by atoms with Crippen LogP contribution in [0.5, 0.6) is 0 Å². The number of allylic oxidation sites excluding steroid dienone is 1. The van der Waals surface area contributed by atoms with Crippen molar-refractivity contribution in [3.8, 4) is 0 Å². The molecule has 0 N–H and O–H groups in total. The van der Waals surface area contributed by atoms with Crippen molar-refractivity contribution >= 4 is 8.96 Å². The first kappa shape index (κ1) is 18.0. The zero-order valence-corrected chi connectivity index (χ0v) is 16.1. The van der Waals surface area contributed by atoms with Gasteiger partial charge in [0.25, 0.3) is 0 Å². The van der Waals surface area contributed by atoms with Gasteiger partial charge < -0.3 is 4.57 Å². The summed E-state index contributed by atoms with van der Waals surface area (Å²) in [4.78, 5) is 0. The fourth-order valence-electron chi connectivity index (χ4n) is 3.27. The standard InChI is InChI=1S/C19H32NSi/c1-16(2)14-20(15-17-12-10-9-11-13-17)21(18(3,4)5)19(6,7)8/h9-14H,15H2,1-8H3. The van der Waals surface area contributed by atoms with Crippen LogP contribution in [-0.2, 0) is 6.54 Å². The average Bonchev–Trinajstić information content (AvgIpc) is 2.25. The maximum Gasteiger partial charge on any atom is 0.180 e. The average molecular weight is 303 g/mol. The second-order valence-corrected chi connectivity index (χ2v) is 12.4. The second-order valence-electron chi connectivity index (χ2n) is 8.17. The Morgan fingerprint density at radius 1 is 0.952 bits per heavy atom. The summed E-state index contributed by atoms with van der Waals surface area (Å²) in [5.41, 5.74) is 2.77. The molecule has 117 valence electrons. The summed E-state index contributed by atoms with van der Waals surface area (Å²) < 4.78 is 2.63. The maximum absolute atomic E-state index is 2.63. The maximum atomic E-state index is 2.63. The molecule has 0 aromatic heterocycles. The highest BCUT2D eigenvalue weighted by Crippen LogP contribution is 2.44. The van der Waals surface area contributed by atoms with E-state index in [2.05, 4.69) is 96.5 Å². The lowest BCUT2D eigenvalue weighted by Crippen LogP contribution is -2.48. The van der Waals surface area contributed by atoms with E-state index >= 15 is 0 Å². The van der Waals surface area contributed by atoms with Crippen LogP contribution in [0.25, 0.3) is 0 Å². The molecule has 21 heavy (non-hydrogen) atoms. The van der Waals surface area contributed by atoms with Gasteiger partial charge in [0.2, 0.25) is 0 Å². The van der Waals surface area contributed by atoms with E-state index < -0.39 is 8.96 Å². The highest BCUT2D eigenvalue weighted by atomic mass is 28.3. The molecular formula is C19H32NSi. The number of hydrogen-bond acceptors (Lipinski definition) is 1. The van der Waals surface area contributed by atoms with E-state index in [0.717, 1.165) is 6.54 Å². The monoisotopic (exact) mass is 302 g/mol. The molecule has 1 rings (SSSR count). The van der Waals surface area contributed by atoms with Gasteiger partial charge in [-0.2, -0.15) is 0 Å². The molecule has 0 aliphatic rings. The third-order valence-electron chi connectivity index (χ3n) is 3.32. The Morgan fingerprint density at radius 2 is 1.43 bits per heavy atom. The van der Waals surface area contributed by atoms with Crippen LogP contribution in [0.1, 0.15) is 61.0 Å². The van der Waals surface area contributed by atoms with Gasteiger partial charge in [0, 0.05) is 6.54 Å². The summed E-state index contributed by atoms with van der Waals surface area (Å²) in [5.74, 6) is 0. The molecule has 0 unspecified atom stereocenters. The Morgan fingerprint density at radius 3 is 1.81 bits per heavy atom. The number of nitrogens with zero attached hydrogens (tertiary/aromatic N) is 1. The third kappa shape index (κ3) is 5.70. The predicted octanol–water partition coefficient (Wildman–Crippen LogP) is 6.00. The van der Waals surface area contributed by atoms with Gasteiger partial charge >= 0.3 is 0 Å². The summed E-state index contributed by atoms with van der Waals surface area (Å²) >= 11 is 0. The van der Waals surface area contributed by atoms with Crippen LogP contribution in [0, 0.1) is 0 Å². The zero-order chi connectivity index (χ0) is 16.3. The van der Waals surface area contributed by atoms with E-state index in [1.807, 2.05) is 0 Å². The molecule has 0 bridgehead atoms. The quantitative estimate of drug-likeness (QED) is 0.616. The van der Waals surface area contributed by atoms with Gasteiger partial charge in [-0.15, -0.1) is 0 Å². The highest BCUT2D eigenvalue weighted by Gasteiger charge is 2.41. The lowest BCUT2D eigenvalue weighted by atomic mass is 10.2. The van der Waals surface area contributed by atoms with Crippen molar-refractivity contribution in [2.75, 3.05) is 0 Å². The van der Waals surface area contributed by atoms with E-state index in [1.54, 1.807) is 0 Å². The Labute approximate surface area is 133 Å². The van der Waals surface area contributed by atoms with E-state index in [9.17, 15) is 0 Å². The van der Waals surface area contributed by atoms with Crippen LogP contribution in [0.3, 0.4) is 0 Å². The van der Waals surface area contributed by atoms with Gasteiger partial charge in [-0.05, 0) is 35.7 Å². The lowest BCUT2D eigenvalue weighted by Gasteiger charge is -2.45. The molecule has 1 aromatic rings.